The largest absolute Gasteiger partial charge is 0.329 e. The molecule has 0 atom stereocenters. The normalized spacial score (nSPS) is 20.8. The number of carbonyl (C=O) groups is 2. The zero-order valence-corrected chi connectivity index (χ0v) is 11.5. The Hall–Kier alpha value is -1.66. The van der Waals surface area contributed by atoms with Crippen LogP contribution in [0.15, 0.2) is 24.3 Å². The molecular formula is C13H15ClFN3O2. The number of imide groups is 1. The highest BCUT2D eigenvalue weighted by atomic mass is 35.5. The van der Waals surface area contributed by atoms with E-state index in [1.807, 2.05) is 0 Å². The molecule has 0 unspecified atom stereocenters. The standard InChI is InChI=1S/C13H14FN3O2.ClH/c14-9-3-1-2-4-10(9)17-12(19)16-11(18)13(17)5-7-15-8-6-13;/h1-4,15H,5-8H2,(H,16,18,19);1H. The van der Waals surface area contributed by atoms with Crippen LogP contribution in [0.2, 0.25) is 0 Å². The third kappa shape index (κ3) is 2.05. The molecule has 3 rings (SSSR count). The molecular weight excluding hydrogens is 285 g/mol. The van der Waals surface area contributed by atoms with Crippen molar-refractivity contribution in [3.63, 3.8) is 0 Å². The minimum Gasteiger partial charge on any atom is -0.317 e. The lowest BCUT2D eigenvalue weighted by atomic mass is 9.86. The van der Waals surface area contributed by atoms with Crippen molar-refractivity contribution in [1.82, 2.24) is 10.6 Å². The lowest BCUT2D eigenvalue weighted by molar-refractivity contribution is -0.124. The number of piperidine rings is 1. The fourth-order valence-corrected chi connectivity index (χ4v) is 2.83. The van der Waals surface area contributed by atoms with E-state index in [-0.39, 0.29) is 24.0 Å². The SMILES string of the molecule is Cl.O=C1NC(=O)C2(CCNCC2)N1c1ccccc1F. The first-order chi connectivity index (χ1) is 9.15. The molecule has 1 spiro atoms. The molecule has 0 aliphatic carbocycles. The van der Waals surface area contributed by atoms with Crippen LogP contribution in [0.1, 0.15) is 12.8 Å². The molecule has 7 heteroatoms. The Bertz CT molecular complexity index is 546. The van der Waals surface area contributed by atoms with Gasteiger partial charge in [0, 0.05) is 0 Å². The summed E-state index contributed by atoms with van der Waals surface area (Å²) in [6.07, 6.45) is 0.970. The quantitative estimate of drug-likeness (QED) is 0.771. The van der Waals surface area contributed by atoms with Crippen molar-refractivity contribution in [2.75, 3.05) is 18.0 Å². The predicted octanol–water partition coefficient (Wildman–Crippen LogP) is 1.43. The summed E-state index contributed by atoms with van der Waals surface area (Å²) in [7, 11) is 0. The number of benzene rings is 1. The number of nitrogens with zero attached hydrogens (tertiary/aromatic N) is 1. The van der Waals surface area contributed by atoms with Crippen molar-refractivity contribution in [2.24, 2.45) is 0 Å². The molecule has 0 bridgehead atoms. The summed E-state index contributed by atoms with van der Waals surface area (Å²) in [5.74, 6) is -0.826. The van der Waals surface area contributed by atoms with Crippen LogP contribution < -0.4 is 15.5 Å². The number of halogens is 2. The maximum Gasteiger partial charge on any atom is 0.329 e. The molecule has 2 saturated heterocycles. The minimum absolute atomic E-state index is 0. The van der Waals surface area contributed by atoms with Gasteiger partial charge in [0.1, 0.15) is 11.4 Å². The summed E-state index contributed by atoms with van der Waals surface area (Å²) in [5.41, 5.74) is -0.794. The molecule has 108 valence electrons. The van der Waals surface area contributed by atoms with Crippen molar-refractivity contribution >= 4 is 30.0 Å². The van der Waals surface area contributed by atoms with Crippen LogP contribution in [-0.4, -0.2) is 30.6 Å². The van der Waals surface area contributed by atoms with Crippen molar-refractivity contribution in [2.45, 2.75) is 18.4 Å². The molecule has 0 saturated carbocycles. The van der Waals surface area contributed by atoms with E-state index < -0.39 is 17.4 Å². The highest BCUT2D eigenvalue weighted by molar-refractivity contribution is 6.17. The fraction of sp³-hybridized carbons (Fsp3) is 0.385. The van der Waals surface area contributed by atoms with Gasteiger partial charge in [0.15, 0.2) is 0 Å². The first kappa shape index (κ1) is 14.7. The van der Waals surface area contributed by atoms with E-state index in [2.05, 4.69) is 10.6 Å². The van der Waals surface area contributed by atoms with Crippen LogP contribution in [0, 0.1) is 5.82 Å². The molecule has 0 radical (unpaired) electrons. The van der Waals surface area contributed by atoms with Crippen LogP contribution >= 0.6 is 12.4 Å². The van der Waals surface area contributed by atoms with Crippen LogP contribution in [0.25, 0.3) is 0 Å². The van der Waals surface area contributed by atoms with Gasteiger partial charge in [0.2, 0.25) is 0 Å². The number of urea groups is 1. The summed E-state index contributed by atoms with van der Waals surface area (Å²) in [4.78, 5) is 25.4. The van der Waals surface area contributed by atoms with Crippen molar-refractivity contribution < 1.29 is 14.0 Å². The monoisotopic (exact) mass is 299 g/mol. The van der Waals surface area contributed by atoms with Gasteiger partial charge in [-0.05, 0) is 38.1 Å². The van der Waals surface area contributed by atoms with Crippen LogP contribution in [0.3, 0.4) is 0 Å². The second kappa shape index (κ2) is 5.38. The first-order valence-electron chi connectivity index (χ1n) is 6.26. The summed E-state index contributed by atoms with van der Waals surface area (Å²) < 4.78 is 13.9. The summed E-state index contributed by atoms with van der Waals surface area (Å²) >= 11 is 0. The molecule has 1 aromatic rings. The van der Waals surface area contributed by atoms with Gasteiger partial charge in [-0.25, -0.2) is 9.18 Å². The van der Waals surface area contributed by atoms with Crippen LogP contribution in [0.4, 0.5) is 14.9 Å². The molecule has 1 aromatic carbocycles. The number of hydrogen-bond donors (Lipinski definition) is 2. The minimum atomic E-state index is -0.954. The second-order valence-electron chi connectivity index (χ2n) is 4.83. The molecule has 2 N–H and O–H groups in total. The van der Waals surface area contributed by atoms with Gasteiger partial charge in [-0.2, -0.15) is 0 Å². The maximum absolute atomic E-state index is 13.9. The van der Waals surface area contributed by atoms with Gasteiger partial charge in [-0.15, -0.1) is 12.4 Å². The molecule has 5 nitrogen and oxygen atoms in total. The van der Waals surface area contributed by atoms with Gasteiger partial charge in [0.05, 0.1) is 5.69 Å². The number of nitrogens with one attached hydrogen (secondary N) is 2. The van der Waals surface area contributed by atoms with E-state index in [9.17, 15) is 14.0 Å². The summed E-state index contributed by atoms with van der Waals surface area (Å²) in [6, 6.07) is 5.49. The Balaban J connectivity index is 0.00000147. The van der Waals surface area contributed by atoms with Gasteiger partial charge in [-0.1, -0.05) is 12.1 Å². The fourth-order valence-electron chi connectivity index (χ4n) is 2.83. The number of carbonyl (C=O) groups excluding carboxylic acids is 2. The Kier molecular flexibility index (Phi) is 3.96. The zero-order valence-electron chi connectivity index (χ0n) is 10.7. The van der Waals surface area contributed by atoms with Crippen LogP contribution in [-0.2, 0) is 4.79 Å². The number of amides is 3. The third-order valence-electron chi connectivity index (χ3n) is 3.80. The van der Waals surface area contributed by atoms with E-state index >= 15 is 0 Å². The average Bonchev–Trinajstić information content (AvgIpc) is 2.63. The van der Waals surface area contributed by atoms with Gasteiger partial charge in [-0.3, -0.25) is 15.0 Å². The smallest absolute Gasteiger partial charge is 0.317 e. The van der Waals surface area contributed by atoms with Gasteiger partial charge >= 0.3 is 6.03 Å². The van der Waals surface area contributed by atoms with Gasteiger partial charge in [0.25, 0.3) is 5.91 Å². The Morgan fingerprint density at radius 1 is 1.15 bits per heavy atom. The number of hydrogen-bond acceptors (Lipinski definition) is 3. The Labute approximate surface area is 121 Å². The molecule has 2 fully saturated rings. The highest BCUT2D eigenvalue weighted by Crippen LogP contribution is 2.36. The number of para-hydroxylation sites is 1. The van der Waals surface area contributed by atoms with Gasteiger partial charge < -0.3 is 5.32 Å². The van der Waals surface area contributed by atoms with Crippen LogP contribution in [0.5, 0.6) is 0 Å². The van der Waals surface area contributed by atoms with E-state index in [4.69, 9.17) is 0 Å². The Morgan fingerprint density at radius 2 is 1.80 bits per heavy atom. The maximum atomic E-state index is 13.9. The number of anilines is 1. The second-order valence-corrected chi connectivity index (χ2v) is 4.83. The first-order valence-corrected chi connectivity index (χ1v) is 6.26. The topological polar surface area (TPSA) is 61.4 Å². The van der Waals surface area contributed by atoms with Crippen molar-refractivity contribution in [3.05, 3.63) is 30.1 Å². The molecule has 0 aromatic heterocycles. The molecule has 3 amide bonds. The predicted molar refractivity (Wildman–Crippen MR) is 74.5 cm³/mol. The van der Waals surface area contributed by atoms with E-state index in [0.717, 1.165) is 0 Å². The van der Waals surface area contributed by atoms with Crippen molar-refractivity contribution in [1.29, 1.82) is 0 Å². The highest BCUT2D eigenvalue weighted by Gasteiger charge is 2.54. The molecule has 2 aliphatic heterocycles. The average molecular weight is 300 g/mol. The van der Waals surface area contributed by atoms with E-state index in [1.54, 1.807) is 12.1 Å². The number of rotatable bonds is 1. The molecule has 2 heterocycles. The van der Waals surface area contributed by atoms with E-state index in [1.165, 1.54) is 17.0 Å². The van der Waals surface area contributed by atoms with E-state index in [0.29, 0.717) is 25.9 Å². The van der Waals surface area contributed by atoms with Crippen molar-refractivity contribution in [3.8, 4) is 0 Å². The lowest BCUT2D eigenvalue weighted by Crippen LogP contribution is -2.56. The zero-order chi connectivity index (χ0) is 13.5. The Morgan fingerprint density at radius 3 is 2.45 bits per heavy atom. The molecule has 20 heavy (non-hydrogen) atoms. The third-order valence-corrected chi connectivity index (χ3v) is 3.80. The lowest BCUT2D eigenvalue weighted by Gasteiger charge is -2.38. The molecule has 2 aliphatic rings. The summed E-state index contributed by atoms with van der Waals surface area (Å²) in [6.45, 7) is 1.26. The summed E-state index contributed by atoms with van der Waals surface area (Å²) in [5, 5.41) is 5.45.